The van der Waals surface area contributed by atoms with Gasteiger partial charge in [-0.3, -0.25) is 9.36 Å². The van der Waals surface area contributed by atoms with Gasteiger partial charge in [0, 0.05) is 41.6 Å². The van der Waals surface area contributed by atoms with Crippen molar-refractivity contribution in [3.8, 4) is 22.6 Å². The number of pyridine rings is 1. The molecule has 1 aliphatic rings. The van der Waals surface area contributed by atoms with Crippen LogP contribution in [-0.4, -0.2) is 47.7 Å². The van der Waals surface area contributed by atoms with Crippen LogP contribution in [0.25, 0.3) is 49.7 Å². The zero-order valence-electron chi connectivity index (χ0n) is 23.1. The molecule has 0 radical (unpaired) electrons. The first-order valence-electron chi connectivity index (χ1n) is 13.1. The average molecular weight is 575 g/mol. The van der Waals surface area contributed by atoms with Crippen molar-refractivity contribution in [2.75, 3.05) is 6.54 Å². The fourth-order valence-electron chi connectivity index (χ4n) is 5.01. The second-order valence-corrected chi connectivity index (χ2v) is 11.8. The van der Waals surface area contributed by atoms with E-state index in [0.717, 1.165) is 44.0 Å². The molecular weight excluding hydrogens is 546 g/mol. The number of aromatic nitrogens is 5. The molecule has 0 aliphatic carbocycles. The van der Waals surface area contributed by atoms with Crippen LogP contribution in [-0.2, 0) is 24.9 Å². The third kappa shape index (κ3) is 5.13. The third-order valence-electron chi connectivity index (χ3n) is 6.87. The van der Waals surface area contributed by atoms with E-state index in [1.807, 2.05) is 72.9 Å². The number of nitrogens with zero attached hydrogens (tertiary/aromatic N) is 6. The Hall–Kier alpha value is -4.38. The van der Waals surface area contributed by atoms with Crippen LogP contribution in [0.2, 0.25) is 0 Å². The fourth-order valence-corrected chi connectivity index (χ4v) is 5.93. The molecule has 6 rings (SSSR count). The van der Waals surface area contributed by atoms with E-state index < -0.39 is 11.4 Å². The normalized spacial score (nSPS) is 14.4. The van der Waals surface area contributed by atoms with Crippen LogP contribution < -0.4 is 0 Å². The highest BCUT2D eigenvalue weighted by Gasteiger charge is 2.28. The predicted octanol–water partition coefficient (Wildman–Crippen LogP) is 7.26. The van der Waals surface area contributed by atoms with Crippen LogP contribution in [0.15, 0.2) is 60.1 Å². The van der Waals surface area contributed by atoms with Crippen molar-refractivity contribution >= 4 is 44.5 Å². The number of hydrogen-bond acceptors (Lipinski definition) is 6. The maximum atomic E-state index is 14.7. The van der Waals surface area contributed by atoms with Crippen LogP contribution in [0.4, 0.5) is 13.6 Å². The molecule has 1 amide bonds. The van der Waals surface area contributed by atoms with Crippen molar-refractivity contribution in [1.82, 2.24) is 29.4 Å². The number of carbonyl (C=O) groups is 1. The van der Waals surface area contributed by atoms with Crippen molar-refractivity contribution in [3.63, 3.8) is 0 Å². The highest BCUT2D eigenvalue weighted by Crippen LogP contribution is 2.40. The van der Waals surface area contributed by atoms with E-state index >= 15 is 0 Å². The Morgan fingerprint density at radius 2 is 1.98 bits per heavy atom. The minimum absolute atomic E-state index is 0.168. The number of rotatable bonds is 4. The average Bonchev–Trinajstić information content (AvgIpc) is 3.66. The van der Waals surface area contributed by atoms with E-state index in [9.17, 15) is 13.6 Å². The SMILES string of the molecule is Cn1ncc2cc(-c3nc(-c4cc5n(n4)CCN(C(=O)OC(C)(C)C)C5)c(C=C(F)/C=C/F)c4ccsc34)ccc21. The number of halogens is 2. The van der Waals surface area contributed by atoms with Crippen molar-refractivity contribution < 1.29 is 18.3 Å². The van der Waals surface area contributed by atoms with Gasteiger partial charge < -0.3 is 9.64 Å². The lowest BCUT2D eigenvalue weighted by Gasteiger charge is -2.30. The summed E-state index contributed by atoms with van der Waals surface area (Å²) in [5, 5.41) is 12.8. The number of aryl methyl sites for hydroxylation is 1. The van der Waals surface area contributed by atoms with E-state index in [0.29, 0.717) is 36.6 Å². The van der Waals surface area contributed by atoms with Gasteiger partial charge in [0.1, 0.15) is 17.1 Å². The topological polar surface area (TPSA) is 78.1 Å². The first kappa shape index (κ1) is 26.8. The molecule has 0 atom stereocenters. The Labute approximate surface area is 239 Å². The molecule has 0 saturated carbocycles. The van der Waals surface area contributed by atoms with Gasteiger partial charge in [-0.15, -0.1) is 11.3 Å². The lowest BCUT2D eigenvalue weighted by Crippen LogP contribution is -2.41. The van der Waals surface area contributed by atoms with Gasteiger partial charge in [0.15, 0.2) is 0 Å². The molecule has 0 bridgehead atoms. The van der Waals surface area contributed by atoms with E-state index in [1.165, 1.54) is 17.4 Å². The Balaban J connectivity index is 1.49. The highest BCUT2D eigenvalue weighted by molar-refractivity contribution is 7.17. The second kappa shape index (κ2) is 10.2. The monoisotopic (exact) mass is 574 g/mol. The molecule has 1 aromatic carbocycles. The van der Waals surface area contributed by atoms with Crippen LogP contribution >= 0.6 is 11.3 Å². The highest BCUT2D eigenvalue weighted by atomic mass is 32.1. The molecular formula is C30H28F2N6O2S. The number of ether oxygens (including phenoxy) is 1. The first-order valence-corrected chi connectivity index (χ1v) is 14.0. The number of thiophene rings is 1. The molecule has 0 unspecified atom stereocenters. The van der Waals surface area contributed by atoms with Crippen molar-refractivity contribution in [2.24, 2.45) is 7.05 Å². The minimum Gasteiger partial charge on any atom is -0.444 e. The van der Waals surface area contributed by atoms with Crippen LogP contribution in [0.5, 0.6) is 0 Å². The van der Waals surface area contributed by atoms with Gasteiger partial charge in [-0.25, -0.2) is 18.6 Å². The number of fused-ring (bicyclic) bond motifs is 3. The van der Waals surface area contributed by atoms with Crippen LogP contribution in [0.3, 0.4) is 0 Å². The predicted molar refractivity (Wildman–Crippen MR) is 157 cm³/mol. The summed E-state index contributed by atoms with van der Waals surface area (Å²) in [6.45, 7) is 6.73. The van der Waals surface area contributed by atoms with E-state index in [1.54, 1.807) is 11.1 Å². The molecule has 41 heavy (non-hydrogen) atoms. The van der Waals surface area contributed by atoms with Crippen molar-refractivity contribution in [1.29, 1.82) is 0 Å². The molecule has 4 aromatic heterocycles. The molecule has 11 heteroatoms. The molecule has 210 valence electrons. The molecule has 5 heterocycles. The molecule has 0 saturated heterocycles. The molecule has 8 nitrogen and oxygen atoms in total. The summed E-state index contributed by atoms with van der Waals surface area (Å²) in [6, 6.07) is 9.81. The summed E-state index contributed by atoms with van der Waals surface area (Å²) in [6.07, 6.45) is 3.64. The Morgan fingerprint density at radius 1 is 1.15 bits per heavy atom. The van der Waals surface area contributed by atoms with Gasteiger partial charge in [0.05, 0.1) is 52.9 Å². The summed E-state index contributed by atoms with van der Waals surface area (Å²) in [5.41, 5.74) is 4.32. The second-order valence-electron chi connectivity index (χ2n) is 10.9. The van der Waals surface area contributed by atoms with E-state index in [4.69, 9.17) is 14.8 Å². The van der Waals surface area contributed by atoms with Crippen molar-refractivity contribution in [2.45, 2.75) is 39.5 Å². The van der Waals surface area contributed by atoms with Gasteiger partial charge in [-0.05, 0) is 56.5 Å². The first-order chi connectivity index (χ1) is 19.6. The lowest BCUT2D eigenvalue weighted by atomic mass is 10.0. The zero-order valence-corrected chi connectivity index (χ0v) is 23.9. The maximum Gasteiger partial charge on any atom is 0.410 e. The van der Waals surface area contributed by atoms with Gasteiger partial charge in [0.2, 0.25) is 0 Å². The van der Waals surface area contributed by atoms with Gasteiger partial charge in [-0.2, -0.15) is 10.2 Å². The standard InChI is InChI=1S/C30H28F2N6O2S/c1-30(2,3)40-29(39)37-10-11-38-21(17-37)15-24(35-38)27-23(14-20(32)7-9-31)22-8-12-41-28(22)26(34-27)18-5-6-25-19(13-18)16-33-36(25)4/h5-9,12-16H,10-11,17H2,1-4H3/b9-7+,20-14?. The summed E-state index contributed by atoms with van der Waals surface area (Å²) < 4.78 is 37.7. The quantitative estimate of drug-likeness (QED) is 0.211. The molecule has 0 N–H and O–H groups in total. The molecule has 0 fully saturated rings. The minimum atomic E-state index is -0.743. The van der Waals surface area contributed by atoms with Crippen molar-refractivity contribution in [3.05, 3.63) is 71.4 Å². The summed E-state index contributed by atoms with van der Waals surface area (Å²) in [7, 11) is 1.89. The number of benzene rings is 1. The van der Waals surface area contributed by atoms with E-state index in [2.05, 4.69) is 5.10 Å². The smallest absolute Gasteiger partial charge is 0.410 e. The van der Waals surface area contributed by atoms with Crippen LogP contribution in [0.1, 0.15) is 32.0 Å². The van der Waals surface area contributed by atoms with Gasteiger partial charge in [-0.1, -0.05) is 6.07 Å². The summed E-state index contributed by atoms with van der Waals surface area (Å²) in [4.78, 5) is 19.4. The Morgan fingerprint density at radius 3 is 2.76 bits per heavy atom. The number of carbonyl (C=O) groups excluding carboxylic acids is 1. The maximum absolute atomic E-state index is 14.7. The van der Waals surface area contributed by atoms with E-state index in [-0.39, 0.29) is 12.4 Å². The Kier molecular flexibility index (Phi) is 6.69. The molecule has 0 spiro atoms. The lowest BCUT2D eigenvalue weighted by molar-refractivity contribution is 0.0194. The summed E-state index contributed by atoms with van der Waals surface area (Å²) >= 11 is 1.50. The Bertz CT molecular complexity index is 1860. The number of allylic oxidation sites excluding steroid dienone is 2. The number of amides is 1. The largest absolute Gasteiger partial charge is 0.444 e. The third-order valence-corrected chi connectivity index (χ3v) is 7.79. The number of hydrogen-bond donors (Lipinski definition) is 0. The van der Waals surface area contributed by atoms with Gasteiger partial charge in [0.25, 0.3) is 0 Å². The van der Waals surface area contributed by atoms with Crippen LogP contribution in [0, 0.1) is 0 Å². The molecule has 5 aromatic rings. The summed E-state index contributed by atoms with van der Waals surface area (Å²) in [5.74, 6) is -0.743. The fraction of sp³-hybridized carbons (Fsp3) is 0.267. The zero-order chi connectivity index (χ0) is 28.9. The molecule has 1 aliphatic heterocycles. The van der Waals surface area contributed by atoms with Gasteiger partial charge >= 0.3 is 6.09 Å².